The minimum absolute atomic E-state index is 0.0858. The van der Waals surface area contributed by atoms with Gasteiger partial charge >= 0.3 is 0 Å². The van der Waals surface area contributed by atoms with Gasteiger partial charge in [-0.3, -0.25) is 4.99 Å². The molecule has 0 aliphatic carbocycles. The first-order valence-corrected chi connectivity index (χ1v) is 9.60. The molecule has 0 aliphatic rings. The number of aryl methyl sites for hydroxylation is 1. The van der Waals surface area contributed by atoms with E-state index in [1.54, 1.807) is 18.2 Å². The average molecular weight is 382 g/mol. The maximum absolute atomic E-state index is 13.8. The van der Waals surface area contributed by atoms with Crippen LogP contribution in [0.25, 0.3) is 10.9 Å². The van der Waals surface area contributed by atoms with Gasteiger partial charge < -0.3 is 20.7 Å². The SMILES string of the molecule is CCNC(=NCC(O)c1ccccc1F)NCCc1c[nH]c2cccc(C)c12. The Bertz CT molecular complexity index is 951. The van der Waals surface area contributed by atoms with E-state index in [4.69, 9.17) is 0 Å². The maximum atomic E-state index is 13.8. The molecule has 3 aromatic rings. The maximum Gasteiger partial charge on any atom is 0.191 e. The van der Waals surface area contributed by atoms with Crippen molar-refractivity contribution in [1.82, 2.24) is 15.6 Å². The number of halogens is 1. The Morgan fingerprint density at radius 2 is 2.00 bits per heavy atom. The van der Waals surface area contributed by atoms with Crippen LogP contribution < -0.4 is 10.6 Å². The summed E-state index contributed by atoms with van der Waals surface area (Å²) in [6.07, 6.45) is 1.91. The van der Waals surface area contributed by atoms with E-state index in [1.165, 1.54) is 22.6 Å². The van der Waals surface area contributed by atoms with E-state index in [0.717, 1.165) is 11.9 Å². The third-order valence-electron chi connectivity index (χ3n) is 4.71. The lowest BCUT2D eigenvalue weighted by Crippen LogP contribution is -2.38. The highest BCUT2D eigenvalue weighted by Gasteiger charge is 2.12. The molecule has 3 rings (SSSR count). The molecule has 0 fully saturated rings. The van der Waals surface area contributed by atoms with Crippen molar-refractivity contribution in [2.75, 3.05) is 19.6 Å². The summed E-state index contributed by atoms with van der Waals surface area (Å²) in [6.45, 7) is 5.58. The molecule has 0 spiro atoms. The Balaban J connectivity index is 1.61. The van der Waals surface area contributed by atoms with Crippen molar-refractivity contribution in [2.24, 2.45) is 4.99 Å². The number of nitrogens with zero attached hydrogens (tertiary/aromatic N) is 1. The number of benzene rings is 2. The third kappa shape index (κ3) is 4.70. The summed E-state index contributed by atoms with van der Waals surface area (Å²) in [5.74, 6) is 0.187. The van der Waals surface area contributed by atoms with Crippen LogP contribution in [-0.2, 0) is 6.42 Å². The van der Waals surface area contributed by atoms with E-state index in [0.29, 0.717) is 19.0 Å². The predicted octanol–water partition coefficient (Wildman–Crippen LogP) is 3.45. The molecule has 148 valence electrons. The van der Waals surface area contributed by atoms with Gasteiger partial charge in [-0.25, -0.2) is 4.39 Å². The topological polar surface area (TPSA) is 72.4 Å². The first-order valence-electron chi connectivity index (χ1n) is 9.60. The number of aliphatic hydroxyl groups excluding tert-OH is 1. The van der Waals surface area contributed by atoms with Crippen molar-refractivity contribution in [3.05, 3.63) is 71.2 Å². The van der Waals surface area contributed by atoms with E-state index in [-0.39, 0.29) is 12.1 Å². The van der Waals surface area contributed by atoms with E-state index < -0.39 is 11.9 Å². The highest BCUT2D eigenvalue weighted by atomic mass is 19.1. The van der Waals surface area contributed by atoms with E-state index in [9.17, 15) is 9.50 Å². The molecule has 0 amide bonds. The van der Waals surface area contributed by atoms with Crippen LogP contribution in [0.15, 0.2) is 53.7 Å². The lowest BCUT2D eigenvalue weighted by molar-refractivity contribution is 0.182. The second kappa shape index (κ2) is 9.37. The highest BCUT2D eigenvalue weighted by molar-refractivity contribution is 5.86. The third-order valence-corrected chi connectivity index (χ3v) is 4.71. The quantitative estimate of drug-likeness (QED) is 0.374. The van der Waals surface area contributed by atoms with Gasteiger partial charge in [0.2, 0.25) is 0 Å². The van der Waals surface area contributed by atoms with Crippen LogP contribution in [-0.4, -0.2) is 35.7 Å². The summed E-state index contributed by atoms with van der Waals surface area (Å²) in [4.78, 5) is 7.71. The van der Waals surface area contributed by atoms with Crippen molar-refractivity contribution in [3.8, 4) is 0 Å². The molecule has 0 aliphatic heterocycles. The fraction of sp³-hybridized carbons (Fsp3) is 0.318. The Morgan fingerprint density at radius 1 is 1.18 bits per heavy atom. The molecule has 0 bridgehead atoms. The zero-order valence-corrected chi connectivity index (χ0v) is 16.3. The number of fused-ring (bicyclic) bond motifs is 1. The number of nitrogens with one attached hydrogen (secondary N) is 3. The van der Waals surface area contributed by atoms with Crippen LogP contribution in [0, 0.1) is 12.7 Å². The first-order chi connectivity index (χ1) is 13.6. The largest absolute Gasteiger partial charge is 0.386 e. The normalized spacial score (nSPS) is 12.9. The minimum Gasteiger partial charge on any atom is -0.386 e. The smallest absolute Gasteiger partial charge is 0.191 e. The summed E-state index contributed by atoms with van der Waals surface area (Å²) in [5.41, 5.74) is 3.91. The second-order valence-electron chi connectivity index (χ2n) is 6.75. The standard InChI is InChI=1S/C22H27FN4O/c1-3-24-22(27-14-20(28)17-8-4-5-9-18(17)23)25-12-11-16-13-26-19-10-6-7-15(2)21(16)19/h4-10,13,20,26,28H,3,11-12,14H2,1-2H3,(H2,24,25,27). The zero-order chi connectivity index (χ0) is 19.9. The van der Waals surface area contributed by atoms with Crippen molar-refractivity contribution in [1.29, 1.82) is 0 Å². The molecule has 28 heavy (non-hydrogen) atoms. The fourth-order valence-electron chi connectivity index (χ4n) is 3.33. The lowest BCUT2D eigenvalue weighted by Gasteiger charge is -2.14. The molecule has 0 radical (unpaired) electrons. The van der Waals surface area contributed by atoms with Crippen LogP contribution in [0.4, 0.5) is 4.39 Å². The number of H-pyrrole nitrogens is 1. The van der Waals surface area contributed by atoms with Crippen molar-refractivity contribution in [2.45, 2.75) is 26.4 Å². The van der Waals surface area contributed by atoms with Gasteiger partial charge in [-0.2, -0.15) is 0 Å². The molecular formula is C22H27FN4O. The van der Waals surface area contributed by atoms with Gasteiger partial charge in [0, 0.05) is 35.8 Å². The predicted molar refractivity (Wildman–Crippen MR) is 112 cm³/mol. The lowest BCUT2D eigenvalue weighted by atomic mass is 10.1. The molecule has 1 aromatic heterocycles. The van der Waals surface area contributed by atoms with Gasteiger partial charge in [0.05, 0.1) is 6.54 Å². The molecule has 1 heterocycles. The Kier molecular flexibility index (Phi) is 6.66. The number of hydrogen-bond donors (Lipinski definition) is 4. The number of aliphatic imine (C=N–C) groups is 1. The van der Waals surface area contributed by atoms with Crippen molar-refractivity contribution < 1.29 is 9.50 Å². The monoisotopic (exact) mass is 382 g/mol. The molecule has 2 aromatic carbocycles. The van der Waals surface area contributed by atoms with Crippen LogP contribution >= 0.6 is 0 Å². The zero-order valence-electron chi connectivity index (χ0n) is 16.3. The summed E-state index contributed by atoms with van der Waals surface area (Å²) in [7, 11) is 0. The number of hydrogen-bond acceptors (Lipinski definition) is 2. The fourth-order valence-corrected chi connectivity index (χ4v) is 3.33. The first kappa shape index (κ1) is 19.9. The number of aromatic nitrogens is 1. The van der Waals surface area contributed by atoms with Crippen LogP contribution in [0.1, 0.15) is 29.7 Å². The summed E-state index contributed by atoms with van der Waals surface area (Å²) < 4.78 is 13.8. The van der Waals surface area contributed by atoms with Gasteiger partial charge in [0.1, 0.15) is 11.9 Å². The van der Waals surface area contributed by atoms with E-state index in [2.05, 4.69) is 39.7 Å². The molecule has 1 unspecified atom stereocenters. The van der Waals surface area contributed by atoms with E-state index >= 15 is 0 Å². The molecule has 0 saturated heterocycles. The Labute approximate surface area is 164 Å². The molecule has 6 heteroatoms. The van der Waals surface area contributed by atoms with Crippen LogP contribution in [0.3, 0.4) is 0 Å². The number of guanidine groups is 1. The number of aromatic amines is 1. The summed E-state index contributed by atoms with van der Waals surface area (Å²) in [5, 5.41) is 17.9. The van der Waals surface area contributed by atoms with Crippen LogP contribution in [0.2, 0.25) is 0 Å². The van der Waals surface area contributed by atoms with Crippen molar-refractivity contribution >= 4 is 16.9 Å². The molecule has 1 atom stereocenters. The van der Waals surface area contributed by atoms with Gasteiger partial charge in [0.15, 0.2) is 5.96 Å². The number of rotatable bonds is 7. The van der Waals surface area contributed by atoms with Crippen molar-refractivity contribution in [3.63, 3.8) is 0 Å². The molecule has 5 nitrogen and oxygen atoms in total. The Morgan fingerprint density at radius 3 is 2.79 bits per heavy atom. The number of aliphatic hydroxyl groups is 1. The van der Waals surface area contributed by atoms with E-state index in [1.807, 2.05) is 19.2 Å². The van der Waals surface area contributed by atoms with Gasteiger partial charge in [-0.05, 0) is 43.5 Å². The average Bonchev–Trinajstić information content (AvgIpc) is 3.11. The minimum atomic E-state index is -0.979. The van der Waals surface area contributed by atoms with Gasteiger partial charge in [0.25, 0.3) is 0 Å². The van der Waals surface area contributed by atoms with Gasteiger partial charge in [-0.1, -0.05) is 30.3 Å². The molecular weight excluding hydrogens is 355 g/mol. The summed E-state index contributed by atoms with van der Waals surface area (Å²) in [6, 6.07) is 12.5. The van der Waals surface area contributed by atoms with Crippen LogP contribution in [0.5, 0.6) is 0 Å². The highest BCUT2D eigenvalue weighted by Crippen LogP contribution is 2.22. The molecule has 0 saturated carbocycles. The second-order valence-corrected chi connectivity index (χ2v) is 6.75. The summed E-state index contributed by atoms with van der Waals surface area (Å²) >= 11 is 0. The molecule has 4 N–H and O–H groups in total. The Hall–Kier alpha value is -2.86. The van der Waals surface area contributed by atoms with Gasteiger partial charge in [-0.15, -0.1) is 0 Å².